The van der Waals surface area contributed by atoms with Crippen molar-refractivity contribution >= 4 is 39.7 Å². The highest BCUT2D eigenvalue weighted by Gasteiger charge is 2.29. The Bertz CT molecular complexity index is 687. The van der Waals surface area contributed by atoms with Gasteiger partial charge < -0.3 is 10.6 Å². The smallest absolute Gasteiger partial charge is 0.252 e. The van der Waals surface area contributed by atoms with Crippen LogP contribution in [-0.2, 0) is 21.2 Å². The Morgan fingerprint density at radius 3 is 2.76 bits per heavy atom. The summed E-state index contributed by atoms with van der Waals surface area (Å²) in [6.45, 7) is 5.17. The van der Waals surface area contributed by atoms with Crippen molar-refractivity contribution in [2.24, 2.45) is 5.92 Å². The molecule has 2 saturated heterocycles. The van der Waals surface area contributed by atoms with Crippen molar-refractivity contribution in [2.45, 2.75) is 42.9 Å². The van der Waals surface area contributed by atoms with Crippen LogP contribution in [0.4, 0.5) is 0 Å². The first-order valence-electron chi connectivity index (χ1n) is 8.56. The molecular weight excluding hydrogens is 382 g/mol. The van der Waals surface area contributed by atoms with Crippen LogP contribution in [0.3, 0.4) is 0 Å². The van der Waals surface area contributed by atoms with Crippen LogP contribution in [0.5, 0.6) is 0 Å². The van der Waals surface area contributed by atoms with Gasteiger partial charge in [0.15, 0.2) is 0 Å². The Kier molecular flexibility index (Phi) is 7.28. The lowest BCUT2D eigenvalue weighted by molar-refractivity contribution is -0.121. The number of rotatable bonds is 5. The number of hydrogen-bond donors (Lipinski definition) is 2. The molecule has 2 aliphatic rings. The molecule has 2 atom stereocenters. The SMILES string of the molecule is CC1CNCCC1NC(=O)Cc1ccc(S(=O)(=O)N2CCCC2)s1.Cl. The van der Waals surface area contributed by atoms with Crippen molar-refractivity contribution < 1.29 is 13.2 Å². The molecule has 3 heterocycles. The Morgan fingerprint density at radius 2 is 2.08 bits per heavy atom. The Balaban J connectivity index is 0.00000225. The van der Waals surface area contributed by atoms with Crippen molar-refractivity contribution in [1.82, 2.24) is 14.9 Å². The summed E-state index contributed by atoms with van der Waals surface area (Å²) in [7, 11) is -3.38. The quantitative estimate of drug-likeness (QED) is 0.777. The lowest BCUT2D eigenvalue weighted by Gasteiger charge is -2.30. The van der Waals surface area contributed by atoms with Crippen molar-refractivity contribution in [1.29, 1.82) is 0 Å². The van der Waals surface area contributed by atoms with E-state index in [1.807, 2.05) is 0 Å². The van der Waals surface area contributed by atoms with Gasteiger partial charge in [0.25, 0.3) is 10.0 Å². The highest BCUT2D eigenvalue weighted by molar-refractivity contribution is 7.91. The van der Waals surface area contributed by atoms with E-state index >= 15 is 0 Å². The lowest BCUT2D eigenvalue weighted by Crippen LogP contribution is -2.48. The van der Waals surface area contributed by atoms with Crippen LogP contribution in [0.1, 0.15) is 31.1 Å². The van der Waals surface area contributed by atoms with Gasteiger partial charge in [0.2, 0.25) is 5.91 Å². The summed E-state index contributed by atoms with van der Waals surface area (Å²) < 4.78 is 26.9. The molecule has 0 spiro atoms. The molecule has 2 N–H and O–H groups in total. The number of amides is 1. The van der Waals surface area contributed by atoms with E-state index in [4.69, 9.17) is 0 Å². The normalized spacial score (nSPS) is 24.7. The number of carbonyl (C=O) groups is 1. The summed E-state index contributed by atoms with van der Waals surface area (Å²) >= 11 is 1.22. The topological polar surface area (TPSA) is 78.5 Å². The van der Waals surface area contributed by atoms with Gasteiger partial charge in [-0.1, -0.05) is 6.92 Å². The predicted octanol–water partition coefficient (Wildman–Crippen LogP) is 1.61. The lowest BCUT2D eigenvalue weighted by atomic mass is 9.95. The van der Waals surface area contributed by atoms with E-state index in [2.05, 4.69) is 17.6 Å². The predicted molar refractivity (Wildman–Crippen MR) is 102 cm³/mol. The maximum atomic E-state index is 12.5. The van der Waals surface area contributed by atoms with Gasteiger partial charge in [-0.05, 0) is 50.4 Å². The average molecular weight is 408 g/mol. The second-order valence-corrected chi connectivity index (χ2v) is 9.99. The third kappa shape index (κ3) is 4.95. The summed E-state index contributed by atoms with van der Waals surface area (Å²) in [5.74, 6) is 0.387. The minimum atomic E-state index is -3.38. The summed E-state index contributed by atoms with van der Waals surface area (Å²) in [4.78, 5) is 13.1. The Hall–Kier alpha value is -0.670. The number of piperidine rings is 1. The molecule has 0 aromatic carbocycles. The van der Waals surface area contributed by atoms with Crippen LogP contribution in [0, 0.1) is 5.92 Å². The largest absolute Gasteiger partial charge is 0.353 e. The fourth-order valence-corrected chi connectivity index (χ4v) is 6.32. The van der Waals surface area contributed by atoms with E-state index in [0.717, 1.165) is 37.2 Å². The van der Waals surface area contributed by atoms with E-state index in [-0.39, 0.29) is 30.8 Å². The minimum absolute atomic E-state index is 0. The molecule has 2 aliphatic heterocycles. The van der Waals surface area contributed by atoms with Gasteiger partial charge >= 0.3 is 0 Å². The standard InChI is InChI=1S/C16H25N3O3S2.ClH/c1-12-11-17-7-6-14(12)18-15(20)10-13-4-5-16(23-13)24(21,22)19-8-2-3-9-19;/h4-5,12,14,17H,2-3,6-11H2,1H3,(H,18,20);1H. The zero-order valence-corrected chi connectivity index (χ0v) is 16.8. The number of nitrogens with zero attached hydrogens (tertiary/aromatic N) is 1. The number of hydrogen-bond acceptors (Lipinski definition) is 5. The third-order valence-corrected chi connectivity index (χ3v) is 8.21. The number of carbonyl (C=O) groups excluding carboxylic acids is 1. The van der Waals surface area contributed by atoms with E-state index in [0.29, 0.717) is 23.2 Å². The molecule has 3 rings (SSSR count). The highest BCUT2D eigenvalue weighted by atomic mass is 35.5. The number of halogens is 1. The van der Waals surface area contributed by atoms with Gasteiger partial charge in [0.05, 0.1) is 6.42 Å². The third-order valence-electron chi connectivity index (χ3n) is 4.76. The zero-order valence-electron chi connectivity index (χ0n) is 14.4. The Morgan fingerprint density at radius 1 is 1.36 bits per heavy atom. The van der Waals surface area contributed by atoms with Crippen LogP contribution in [-0.4, -0.2) is 50.9 Å². The van der Waals surface area contributed by atoms with Gasteiger partial charge in [0, 0.05) is 24.0 Å². The highest BCUT2D eigenvalue weighted by Crippen LogP contribution is 2.27. The van der Waals surface area contributed by atoms with Crippen molar-refractivity contribution in [3.05, 3.63) is 17.0 Å². The van der Waals surface area contributed by atoms with Gasteiger partial charge in [-0.15, -0.1) is 23.7 Å². The average Bonchev–Trinajstić information content (AvgIpc) is 3.21. The van der Waals surface area contributed by atoms with Crippen LogP contribution in [0.25, 0.3) is 0 Å². The molecule has 142 valence electrons. The molecule has 0 radical (unpaired) electrons. The van der Waals surface area contributed by atoms with Gasteiger partial charge in [-0.25, -0.2) is 8.42 Å². The fraction of sp³-hybridized carbons (Fsp3) is 0.688. The number of thiophene rings is 1. The van der Waals surface area contributed by atoms with E-state index in [1.54, 1.807) is 16.4 Å². The molecule has 1 aromatic rings. The molecule has 2 unspecified atom stereocenters. The van der Waals surface area contributed by atoms with Crippen molar-refractivity contribution in [3.8, 4) is 0 Å². The summed E-state index contributed by atoms with van der Waals surface area (Å²) in [5, 5.41) is 6.40. The molecule has 25 heavy (non-hydrogen) atoms. The van der Waals surface area contributed by atoms with Crippen LogP contribution >= 0.6 is 23.7 Å². The first-order chi connectivity index (χ1) is 11.5. The maximum absolute atomic E-state index is 12.5. The maximum Gasteiger partial charge on any atom is 0.252 e. The molecule has 0 saturated carbocycles. The van der Waals surface area contributed by atoms with Crippen LogP contribution in [0.15, 0.2) is 16.3 Å². The van der Waals surface area contributed by atoms with E-state index < -0.39 is 10.0 Å². The molecular formula is C16H26ClN3O3S2. The van der Waals surface area contributed by atoms with Crippen LogP contribution < -0.4 is 10.6 Å². The molecule has 2 fully saturated rings. The molecule has 1 amide bonds. The van der Waals surface area contributed by atoms with Gasteiger partial charge in [0.1, 0.15) is 4.21 Å². The van der Waals surface area contributed by atoms with E-state index in [9.17, 15) is 13.2 Å². The van der Waals surface area contributed by atoms with Crippen molar-refractivity contribution in [2.75, 3.05) is 26.2 Å². The Labute approximate surface area is 159 Å². The summed E-state index contributed by atoms with van der Waals surface area (Å²) in [5.41, 5.74) is 0. The van der Waals surface area contributed by atoms with E-state index in [1.165, 1.54) is 11.3 Å². The van der Waals surface area contributed by atoms with Crippen molar-refractivity contribution in [3.63, 3.8) is 0 Å². The molecule has 0 aliphatic carbocycles. The van der Waals surface area contributed by atoms with Crippen LogP contribution in [0.2, 0.25) is 0 Å². The minimum Gasteiger partial charge on any atom is -0.353 e. The molecule has 1 aromatic heterocycles. The zero-order chi connectivity index (χ0) is 17.2. The summed E-state index contributed by atoms with van der Waals surface area (Å²) in [6, 6.07) is 3.60. The molecule has 0 bridgehead atoms. The first-order valence-corrected chi connectivity index (χ1v) is 10.8. The first kappa shape index (κ1) is 20.6. The molecule has 6 nitrogen and oxygen atoms in total. The number of sulfonamides is 1. The van der Waals surface area contributed by atoms with Gasteiger partial charge in [-0.2, -0.15) is 4.31 Å². The summed E-state index contributed by atoms with van der Waals surface area (Å²) in [6.07, 6.45) is 3.03. The molecule has 9 heteroatoms. The monoisotopic (exact) mass is 407 g/mol. The van der Waals surface area contributed by atoms with Gasteiger partial charge in [-0.3, -0.25) is 4.79 Å². The fourth-order valence-electron chi connectivity index (χ4n) is 3.29. The second kappa shape index (κ2) is 8.81. The second-order valence-electron chi connectivity index (χ2n) is 6.65. The number of nitrogens with one attached hydrogen (secondary N) is 2.